The normalized spacial score (nSPS) is 9.31. The number of ether oxygens (including phenoxy) is 2. The fourth-order valence-electron chi connectivity index (χ4n) is 1.01. The monoisotopic (exact) mass is 229 g/mol. The zero-order valence-corrected chi connectivity index (χ0v) is 9.66. The van der Waals surface area contributed by atoms with Gasteiger partial charge in [-0.2, -0.15) is 0 Å². The van der Waals surface area contributed by atoms with Crippen molar-refractivity contribution in [1.29, 1.82) is 0 Å². The molecule has 0 saturated heterocycles. The van der Waals surface area contributed by atoms with Crippen molar-refractivity contribution in [2.24, 2.45) is 0 Å². The molecule has 0 bridgehead atoms. The second kappa shape index (κ2) is 10.0. The molecule has 0 saturated carbocycles. The van der Waals surface area contributed by atoms with Gasteiger partial charge in [0.15, 0.2) is 0 Å². The van der Waals surface area contributed by atoms with E-state index in [0.29, 0.717) is 19.8 Å². The number of alkyl carbamates (subject to hydrolysis) is 1. The lowest BCUT2D eigenvalue weighted by atomic mass is 10.2. The number of amides is 1. The molecule has 0 aliphatic rings. The summed E-state index contributed by atoms with van der Waals surface area (Å²) >= 11 is 0. The van der Waals surface area contributed by atoms with Gasteiger partial charge in [-0.3, -0.25) is 0 Å². The molecule has 1 N–H and O–H groups in total. The average molecular weight is 229 g/mol. The van der Waals surface area contributed by atoms with Gasteiger partial charge < -0.3 is 14.8 Å². The van der Waals surface area contributed by atoms with Gasteiger partial charge in [0.25, 0.3) is 0 Å². The van der Waals surface area contributed by atoms with Crippen LogP contribution in [0.5, 0.6) is 0 Å². The molecule has 16 heavy (non-hydrogen) atoms. The standard InChI is InChI=1S/C11H19NO4/c1-3-10(13)16-9-7-5-6-8-12-11(14)15-4-2/h3H,1,4-9H2,2H3,(H,12,14). The van der Waals surface area contributed by atoms with E-state index in [-0.39, 0.29) is 6.09 Å². The Morgan fingerprint density at radius 2 is 2.00 bits per heavy atom. The minimum atomic E-state index is -0.398. The minimum absolute atomic E-state index is 0.378. The van der Waals surface area contributed by atoms with Gasteiger partial charge in [0, 0.05) is 12.6 Å². The molecule has 0 fully saturated rings. The van der Waals surface area contributed by atoms with Crippen molar-refractivity contribution in [3.8, 4) is 0 Å². The van der Waals surface area contributed by atoms with Crippen LogP contribution in [0, 0.1) is 0 Å². The van der Waals surface area contributed by atoms with Crippen LogP contribution in [0.1, 0.15) is 26.2 Å². The van der Waals surface area contributed by atoms with Crippen molar-refractivity contribution in [1.82, 2.24) is 5.32 Å². The van der Waals surface area contributed by atoms with E-state index in [0.717, 1.165) is 25.3 Å². The van der Waals surface area contributed by atoms with Crippen molar-refractivity contribution in [2.75, 3.05) is 19.8 Å². The number of nitrogens with one attached hydrogen (secondary N) is 1. The summed E-state index contributed by atoms with van der Waals surface area (Å²) in [6.45, 7) is 6.40. The minimum Gasteiger partial charge on any atom is -0.463 e. The first-order valence-corrected chi connectivity index (χ1v) is 5.40. The largest absolute Gasteiger partial charge is 0.463 e. The number of hydrogen-bond acceptors (Lipinski definition) is 4. The molecular formula is C11H19NO4. The number of carbonyl (C=O) groups is 2. The van der Waals surface area contributed by atoms with E-state index in [4.69, 9.17) is 4.74 Å². The summed E-state index contributed by atoms with van der Waals surface area (Å²) in [5.41, 5.74) is 0. The van der Waals surface area contributed by atoms with Gasteiger partial charge in [-0.15, -0.1) is 0 Å². The smallest absolute Gasteiger partial charge is 0.407 e. The number of hydrogen-bond donors (Lipinski definition) is 1. The molecule has 0 aromatic carbocycles. The molecule has 5 nitrogen and oxygen atoms in total. The van der Waals surface area contributed by atoms with Gasteiger partial charge >= 0.3 is 12.1 Å². The Balaban J connectivity index is 3.18. The van der Waals surface area contributed by atoms with Gasteiger partial charge in [0.2, 0.25) is 0 Å². The van der Waals surface area contributed by atoms with Crippen LogP contribution in [0.3, 0.4) is 0 Å². The van der Waals surface area contributed by atoms with Crippen LogP contribution in [0.2, 0.25) is 0 Å². The van der Waals surface area contributed by atoms with Crippen molar-refractivity contribution in [2.45, 2.75) is 26.2 Å². The molecule has 5 heteroatoms. The average Bonchev–Trinajstić information content (AvgIpc) is 2.27. The lowest BCUT2D eigenvalue weighted by Gasteiger charge is -2.05. The summed E-state index contributed by atoms with van der Waals surface area (Å²) in [7, 11) is 0. The third-order valence-electron chi connectivity index (χ3n) is 1.78. The van der Waals surface area contributed by atoms with Crippen molar-refractivity contribution in [3.63, 3.8) is 0 Å². The zero-order chi connectivity index (χ0) is 12.2. The number of esters is 1. The van der Waals surface area contributed by atoms with Crippen molar-refractivity contribution in [3.05, 3.63) is 12.7 Å². The molecule has 0 rings (SSSR count). The fourth-order valence-corrected chi connectivity index (χ4v) is 1.01. The zero-order valence-electron chi connectivity index (χ0n) is 9.66. The topological polar surface area (TPSA) is 64.6 Å². The van der Waals surface area contributed by atoms with E-state index in [2.05, 4.69) is 16.6 Å². The number of unbranched alkanes of at least 4 members (excludes halogenated alkanes) is 2. The van der Waals surface area contributed by atoms with Gasteiger partial charge in [0.05, 0.1) is 13.2 Å². The van der Waals surface area contributed by atoms with E-state index < -0.39 is 5.97 Å². The molecular weight excluding hydrogens is 210 g/mol. The Morgan fingerprint density at radius 1 is 1.25 bits per heavy atom. The molecule has 0 aromatic heterocycles. The van der Waals surface area contributed by atoms with E-state index in [9.17, 15) is 9.59 Å². The highest BCUT2D eigenvalue weighted by Crippen LogP contribution is 1.95. The highest BCUT2D eigenvalue weighted by atomic mass is 16.5. The van der Waals surface area contributed by atoms with Crippen LogP contribution in [0.15, 0.2) is 12.7 Å². The molecule has 0 atom stereocenters. The predicted octanol–water partition coefficient (Wildman–Crippen LogP) is 1.63. The first-order valence-electron chi connectivity index (χ1n) is 5.40. The molecule has 0 unspecified atom stereocenters. The Kier molecular flexibility index (Phi) is 9.06. The van der Waals surface area contributed by atoms with Crippen molar-refractivity contribution >= 4 is 12.1 Å². The first-order chi connectivity index (χ1) is 7.70. The maximum atomic E-state index is 10.8. The maximum absolute atomic E-state index is 10.8. The summed E-state index contributed by atoms with van der Waals surface area (Å²) < 4.78 is 9.47. The quantitative estimate of drug-likeness (QED) is 0.390. The summed E-state index contributed by atoms with van der Waals surface area (Å²) in [6, 6.07) is 0. The van der Waals surface area contributed by atoms with Crippen LogP contribution < -0.4 is 5.32 Å². The summed E-state index contributed by atoms with van der Waals surface area (Å²) in [6.07, 6.45) is 3.26. The van der Waals surface area contributed by atoms with Gasteiger partial charge in [-0.05, 0) is 26.2 Å². The highest BCUT2D eigenvalue weighted by molar-refractivity contribution is 5.81. The third-order valence-corrected chi connectivity index (χ3v) is 1.78. The van der Waals surface area contributed by atoms with Gasteiger partial charge in [-0.1, -0.05) is 6.58 Å². The van der Waals surface area contributed by atoms with Gasteiger partial charge in [0.1, 0.15) is 0 Å². The molecule has 0 aliphatic carbocycles. The number of carbonyl (C=O) groups excluding carboxylic acids is 2. The third kappa shape index (κ3) is 9.05. The predicted molar refractivity (Wildman–Crippen MR) is 60.0 cm³/mol. The van der Waals surface area contributed by atoms with Crippen LogP contribution in [0.4, 0.5) is 4.79 Å². The summed E-state index contributed by atoms with van der Waals surface area (Å²) in [5.74, 6) is -0.398. The Morgan fingerprint density at radius 3 is 2.62 bits per heavy atom. The van der Waals surface area contributed by atoms with Crippen LogP contribution in [-0.4, -0.2) is 31.8 Å². The second-order valence-corrected chi connectivity index (χ2v) is 3.08. The molecule has 0 aliphatic heterocycles. The number of rotatable bonds is 8. The van der Waals surface area contributed by atoms with Crippen LogP contribution in [0.25, 0.3) is 0 Å². The summed E-state index contributed by atoms with van der Waals surface area (Å²) in [4.78, 5) is 21.5. The molecule has 0 radical (unpaired) electrons. The highest BCUT2D eigenvalue weighted by Gasteiger charge is 1.98. The SMILES string of the molecule is C=CC(=O)OCCCCCNC(=O)OCC. The lowest BCUT2D eigenvalue weighted by Crippen LogP contribution is -2.25. The summed E-state index contributed by atoms with van der Waals surface area (Å²) in [5, 5.41) is 2.61. The first kappa shape index (κ1) is 14.5. The van der Waals surface area contributed by atoms with E-state index in [1.807, 2.05) is 0 Å². The van der Waals surface area contributed by atoms with Crippen molar-refractivity contribution < 1.29 is 19.1 Å². The molecule has 92 valence electrons. The van der Waals surface area contributed by atoms with Crippen LogP contribution >= 0.6 is 0 Å². The lowest BCUT2D eigenvalue weighted by molar-refractivity contribution is -0.137. The van der Waals surface area contributed by atoms with E-state index >= 15 is 0 Å². The van der Waals surface area contributed by atoms with E-state index in [1.165, 1.54) is 0 Å². The Hall–Kier alpha value is -1.52. The maximum Gasteiger partial charge on any atom is 0.407 e. The van der Waals surface area contributed by atoms with Gasteiger partial charge in [-0.25, -0.2) is 9.59 Å². The Labute approximate surface area is 95.8 Å². The van der Waals surface area contributed by atoms with E-state index in [1.54, 1.807) is 6.92 Å². The second-order valence-electron chi connectivity index (χ2n) is 3.08. The van der Waals surface area contributed by atoms with Crippen LogP contribution in [-0.2, 0) is 14.3 Å². The molecule has 0 aromatic rings. The fraction of sp³-hybridized carbons (Fsp3) is 0.636. The molecule has 0 heterocycles. The molecule has 0 spiro atoms. The Bertz CT molecular complexity index is 228. The molecule has 1 amide bonds.